The minimum atomic E-state index is -0.229. The molecule has 2 aromatic rings. The molecule has 0 bridgehead atoms. The van der Waals surface area contributed by atoms with Crippen molar-refractivity contribution in [3.8, 4) is 11.4 Å². The molecule has 0 aliphatic heterocycles. The van der Waals surface area contributed by atoms with Gasteiger partial charge in [0.2, 0.25) is 17.6 Å². The maximum atomic E-state index is 11.6. The molecule has 1 unspecified atom stereocenters. The van der Waals surface area contributed by atoms with Crippen molar-refractivity contribution in [2.45, 2.75) is 32.2 Å². The quantitative estimate of drug-likeness (QED) is 0.815. The number of carbonyl (C=O) groups excluding carboxylic acids is 1. The zero-order chi connectivity index (χ0) is 15.9. The number of rotatable bonds is 7. The van der Waals surface area contributed by atoms with E-state index in [9.17, 15) is 4.79 Å². The van der Waals surface area contributed by atoms with E-state index in [0.717, 1.165) is 5.56 Å². The van der Waals surface area contributed by atoms with Crippen LogP contribution in [0.15, 0.2) is 28.8 Å². The van der Waals surface area contributed by atoms with Gasteiger partial charge in [-0.2, -0.15) is 4.98 Å². The van der Waals surface area contributed by atoms with Gasteiger partial charge in [0.1, 0.15) is 0 Å². The number of amides is 1. The van der Waals surface area contributed by atoms with Gasteiger partial charge in [-0.15, -0.1) is 0 Å². The van der Waals surface area contributed by atoms with Gasteiger partial charge in [-0.3, -0.25) is 4.79 Å². The van der Waals surface area contributed by atoms with Crippen LogP contribution in [0.5, 0.6) is 0 Å². The third kappa shape index (κ3) is 4.82. The lowest BCUT2D eigenvalue weighted by atomic mass is 10.2. The SMILES string of the molecule is CC(CO)NC(=O)CCCc1nc(-c2ccc(Cl)cc2)no1. The molecule has 0 saturated carbocycles. The molecule has 0 fully saturated rings. The van der Waals surface area contributed by atoms with Crippen LogP contribution in [0.4, 0.5) is 0 Å². The number of benzene rings is 1. The molecule has 0 aliphatic carbocycles. The Morgan fingerprint density at radius 3 is 2.82 bits per heavy atom. The molecular weight excluding hydrogens is 306 g/mol. The van der Waals surface area contributed by atoms with Gasteiger partial charge in [0, 0.05) is 29.5 Å². The van der Waals surface area contributed by atoms with Crippen molar-refractivity contribution in [3.05, 3.63) is 35.2 Å². The van der Waals surface area contributed by atoms with Crippen LogP contribution in [0, 0.1) is 0 Å². The van der Waals surface area contributed by atoms with Crippen LogP contribution in [0.3, 0.4) is 0 Å². The molecule has 22 heavy (non-hydrogen) atoms. The third-order valence-corrected chi connectivity index (χ3v) is 3.30. The van der Waals surface area contributed by atoms with E-state index in [0.29, 0.717) is 36.0 Å². The number of halogens is 1. The van der Waals surface area contributed by atoms with E-state index < -0.39 is 0 Å². The maximum absolute atomic E-state index is 11.6. The zero-order valence-electron chi connectivity index (χ0n) is 12.3. The summed E-state index contributed by atoms with van der Waals surface area (Å²) >= 11 is 5.83. The fourth-order valence-corrected chi connectivity index (χ4v) is 1.99. The smallest absolute Gasteiger partial charge is 0.226 e. The lowest BCUT2D eigenvalue weighted by Gasteiger charge is -2.09. The van der Waals surface area contributed by atoms with E-state index >= 15 is 0 Å². The summed E-state index contributed by atoms with van der Waals surface area (Å²) in [5.74, 6) is 0.900. The van der Waals surface area contributed by atoms with E-state index in [-0.39, 0.29) is 18.6 Å². The van der Waals surface area contributed by atoms with Crippen molar-refractivity contribution in [2.24, 2.45) is 0 Å². The van der Waals surface area contributed by atoms with Gasteiger partial charge in [-0.25, -0.2) is 0 Å². The molecule has 0 spiro atoms. The predicted octanol–water partition coefficient (Wildman–Crippen LogP) is 2.21. The van der Waals surface area contributed by atoms with Crippen LogP contribution in [-0.2, 0) is 11.2 Å². The number of nitrogens with one attached hydrogen (secondary N) is 1. The monoisotopic (exact) mass is 323 g/mol. The first-order chi connectivity index (χ1) is 10.6. The van der Waals surface area contributed by atoms with Crippen molar-refractivity contribution in [1.29, 1.82) is 0 Å². The highest BCUT2D eigenvalue weighted by atomic mass is 35.5. The normalized spacial score (nSPS) is 12.1. The number of aryl methyl sites for hydroxylation is 1. The molecule has 118 valence electrons. The second kappa shape index (κ2) is 7.91. The van der Waals surface area contributed by atoms with Gasteiger partial charge >= 0.3 is 0 Å². The minimum absolute atomic E-state index is 0.0696. The summed E-state index contributed by atoms with van der Waals surface area (Å²) in [6.45, 7) is 1.67. The van der Waals surface area contributed by atoms with E-state index in [1.54, 1.807) is 19.1 Å². The fourth-order valence-electron chi connectivity index (χ4n) is 1.87. The Labute approximate surface area is 133 Å². The van der Waals surface area contributed by atoms with E-state index in [1.165, 1.54) is 0 Å². The maximum Gasteiger partial charge on any atom is 0.226 e. The summed E-state index contributed by atoms with van der Waals surface area (Å²) in [4.78, 5) is 15.9. The highest BCUT2D eigenvalue weighted by Gasteiger charge is 2.10. The minimum Gasteiger partial charge on any atom is -0.394 e. The molecule has 2 N–H and O–H groups in total. The van der Waals surface area contributed by atoms with Crippen molar-refractivity contribution in [3.63, 3.8) is 0 Å². The van der Waals surface area contributed by atoms with Gasteiger partial charge in [-0.1, -0.05) is 16.8 Å². The Morgan fingerprint density at radius 1 is 1.41 bits per heavy atom. The molecule has 1 atom stereocenters. The van der Waals surface area contributed by atoms with Crippen molar-refractivity contribution in [1.82, 2.24) is 15.5 Å². The predicted molar refractivity (Wildman–Crippen MR) is 82.4 cm³/mol. The summed E-state index contributed by atoms with van der Waals surface area (Å²) in [5, 5.41) is 16.1. The first-order valence-corrected chi connectivity index (χ1v) is 7.45. The Balaban J connectivity index is 1.82. The average molecular weight is 324 g/mol. The van der Waals surface area contributed by atoms with E-state index in [2.05, 4.69) is 15.5 Å². The van der Waals surface area contributed by atoms with Gasteiger partial charge in [0.15, 0.2) is 0 Å². The number of hydrogen-bond acceptors (Lipinski definition) is 5. The fraction of sp³-hybridized carbons (Fsp3) is 0.400. The number of carbonyl (C=O) groups is 1. The molecule has 6 nitrogen and oxygen atoms in total. The number of aromatic nitrogens is 2. The Morgan fingerprint density at radius 2 is 2.14 bits per heavy atom. The number of aliphatic hydroxyl groups is 1. The molecule has 1 amide bonds. The van der Waals surface area contributed by atoms with Crippen LogP contribution in [0.25, 0.3) is 11.4 Å². The first-order valence-electron chi connectivity index (χ1n) is 7.07. The topological polar surface area (TPSA) is 88.2 Å². The average Bonchev–Trinajstić information content (AvgIpc) is 2.96. The van der Waals surface area contributed by atoms with Crippen molar-refractivity contribution >= 4 is 17.5 Å². The van der Waals surface area contributed by atoms with Crippen LogP contribution >= 0.6 is 11.6 Å². The van der Waals surface area contributed by atoms with Crippen LogP contribution < -0.4 is 5.32 Å². The summed E-state index contributed by atoms with van der Waals surface area (Å²) in [7, 11) is 0. The summed E-state index contributed by atoms with van der Waals surface area (Å²) in [5.41, 5.74) is 0.828. The van der Waals surface area contributed by atoms with Gasteiger partial charge in [-0.05, 0) is 37.6 Å². The molecule has 7 heteroatoms. The highest BCUT2D eigenvalue weighted by Crippen LogP contribution is 2.19. The molecule has 1 aromatic carbocycles. The van der Waals surface area contributed by atoms with Gasteiger partial charge in [0.05, 0.1) is 6.61 Å². The van der Waals surface area contributed by atoms with E-state index in [4.69, 9.17) is 21.2 Å². The van der Waals surface area contributed by atoms with Gasteiger partial charge < -0.3 is 14.9 Å². The number of hydrogen-bond donors (Lipinski definition) is 2. The Kier molecular flexibility index (Phi) is 5.91. The van der Waals surface area contributed by atoms with Crippen LogP contribution in [0.1, 0.15) is 25.7 Å². The molecular formula is C15H18ClN3O3. The molecule has 0 saturated heterocycles. The Bertz CT molecular complexity index is 613. The first kappa shape index (κ1) is 16.5. The largest absolute Gasteiger partial charge is 0.394 e. The van der Waals surface area contributed by atoms with Crippen molar-refractivity contribution in [2.75, 3.05) is 6.61 Å². The van der Waals surface area contributed by atoms with E-state index in [1.807, 2.05) is 12.1 Å². The molecule has 0 aliphatic rings. The van der Waals surface area contributed by atoms with Crippen LogP contribution in [0.2, 0.25) is 5.02 Å². The second-order valence-electron chi connectivity index (χ2n) is 5.02. The standard InChI is InChI=1S/C15H18ClN3O3/c1-10(9-20)17-13(21)3-2-4-14-18-15(19-22-14)11-5-7-12(16)8-6-11/h5-8,10,20H,2-4,9H2,1H3,(H,17,21). The lowest BCUT2D eigenvalue weighted by Crippen LogP contribution is -2.34. The number of aliphatic hydroxyl groups excluding tert-OH is 1. The van der Waals surface area contributed by atoms with Crippen LogP contribution in [-0.4, -0.2) is 33.8 Å². The summed E-state index contributed by atoms with van der Waals surface area (Å²) in [6.07, 6.45) is 1.48. The zero-order valence-corrected chi connectivity index (χ0v) is 13.0. The lowest BCUT2D eigenvalue weighted by molar-refractivity contribution is -0.122. The van der Waals surface area contributed by atoms with Crippen molar-refractivity contribution < 1.29 is 14.4 Å². The number of nitrogens with zero attached hydrogens (tertiary/aromatic N) is 2. The highest BCUT2D eigenvalue weighted by molar-refractivity contribution is 6.30. The second-order valence-corrected chi connectivity index (χ2v) is 5.46. The summed E-state index contributed by atoms with van der Waals surface area (Å²) < 4.78 is 5.17. The molecule has 1 aromatic heterocycles. The third-order valence-electron chi connectivity index (χ3n) is 3.05. The van der Waals surface area contributed by atoms with Gasteiger partial charge in [0.25, 0.3) is 0 Å². The summed E-state index contributed by atoms with van der Waals surface area (Å²) in [6, 6.07) is 6.94. The Hall–Kier alpha value is -1.92. The molecule has 2 rings (SSSR count). The molecule has 0 radical (unpaired) electrons. The molecule has 1 heterocycles.